The van der Waals surface area contributed by atoms with E-state index in [9.17, 15) is 9.59 Å². The van der Waals surface area contributed by atoms with Crippen molar-refractivity contribution in [3.05, 3.63) is 60.2 Å². The molecule has 0 atom stereocenters. The summed E-state index contributed by atoms with van der Waals surface area (Å²) in [6.45, 7) is 5.43. The fourth-order valence-electron chi connectivity index (χ4n) is 3.40. The third-order valence-corrected chi connectivity index (χ3v) is 5.01. The molecule has 2 aromatic carbocycles. The van der Waals surface area contributed by atoms with E-state index in [-0.39, 0.29) is 18.4 Å². The second-order valence-corrected chi connectivity index (χ2v) is 6.95. The number of rotatable bonds is 6. The highest BCUT2D eigenvalue weighted by Gasteiger charge is 2.24. The second kappa shape index (κ2) is 9.37. The molecular formula is C22H27N3O3. The van der Waals surface area contributed by atoms with E-state index in [1.807, 2.05) is 41.3 Å². The van der Waals surface area contributed by atoms with Gasteiger partial charge in [-0.25, -0.2) is 0 Å². The summed E-state index contributed by atoms with van der Waals surface area (Å²) in [6.07, 6.45) is 0. The number of amides is 2. The lowest BCUT2D eigenvalue weighted by atomic mass is 10.2. The van der Waals surface area contributed by atoms with Crippen LogP contribution in [0.1, 0.15) is 12.5 Å². The fraction of sp³-hybridized carbons (Fsp3) is 0.364. The molecule has 0 N–H and O–H groups in total. The number of methoxy groups -OCH3 is 1. The molecule has 0 saturated carbocycles. The van der Waals surface area contributed by atoms with Crippen LogP contribution in [0.3, 0.4) is 0 Å². The van der Waals surface area contributed by atoms with Gasteiger partial charge < -0.3 is 14.5 Å². The number of carbonyl (C=O) groups excluding carboxylic acids is 2. The molecule has 148 valence electrons. The molecule has 1 aliphatic heterocycles. The summed E-state index contributed by atoms with van der Waals surface area (Å²) in [4.78, 5) is 30.6. The van der Waals surface area contributed by atoms with E-state index < -0.39 is 0 Å². The lowest BCUT2D eigenvalue weighted by Crippen LogP contribution is -2.51. The Hall–Kier alpha value is -2.86. The molecule has 0 spiro atoms. The molecule has 0 unspecified atom stereocenters. The Morgan fingerprint density at radius 3 is 2.36 bits per heavy atom. The van der Waals surface area contributed by atoms with Gasteiger partial charge >= 0.3 is 0 Å². The number of carbonyl (C=O) groups is 2. The molecule has 3 rings (SSSR count). The average molecular weight is 381 g/mol. The van der Waals surface area contributed by atoms with E-state index in [0.717, 1.165) is 19.6 Å². The summed E-state index contributed by atoms with van der Waals surface area (Å²) < 4.78 is 5.23. The van der Waals surface area contributed by atoms with Crippen molar-refractivity contribution in [1.29, 1.82) is 0 Å². The zero-order valence-electron chi connectivity index (χ0n) is 16.5. The molecular weight excluding hydrogens is 354 g/mol. The Bertz CT molecular complexity index is 802. The largest absolute Gasteiger partial charge is 0.497 e. The normalized spacial score (nSPS) is 14.6. The first-order valence-corrected chi connectivity index (χ1v) is 9.53. The van der Waals surface area contributed by atoms with Gasteiger partial charge in [0.25, 0.3) is 0 Å². The predicted molar refractivity (Wildman–Crippen MR) is 109 cm³/mol. The SMILES string of the molecule is COc1cccc(N(CC(=O)N2CCN(Cc3ccccc3)CC2)C(C)=O)c1. The van der Waals surface area contributed by atoms with Crippen molar-refractivity contribution in [3.63, 3.8) is 0 Å². The highest BCUT2D eigenvalue weighted by molar-refractivity contribution is 5.97. The molecule has 1 fully saturated rings. The minimum Gasteiger partial charge on any atom is -0.497 e. The van der Waals surface area contributed by atoms with Crippen molar-refractivity contribution in [3.8, 4) is 5.75 Å². The average Bonchev–Trinajstić information content (AvgIpc) is 2.73. The lowest BCUT2D eigenvalue weighted by Gasteiger charge is -2.35. The second-order valence-electron chi connectivity index (χ2n) is 6.95. The highest BCUT2D eigenvalue weighted by Crippen LogP contribution is 2.21. The van der Waals surface area contributed by atoms with E-state index >= 15 is 0 Å². The standard InChI is InChI=1S/C22H27N3O3/c1-18(26)25(20-9-6-10-21(15-20)28-2)17-22(27)24-13-11-23(12-14-24)16-19-7-4-3-5-8-19/h3-10,15H,11-14,16-17H2,1-2H3. The monoisotopic (exact) mass is 381 g/mol. The Morgan fingerprint density at radius 2 is 1.71 bits per heavy atom. The van der Waals surface area contributed by atoms with Gasteiger partial charge in [0.1, 0.15) is 12.3 Å². The van der Waals surface area contributed by atoms with Gasteiger partial charge in [-0.05, 0) is 17.7 Å². The van der Waals surface area contributed by atoms with E-state index in [1.54, 1.807) is 13.2 Å². The van der Waals surface area contributed by atoms with Crippen LogP contribution in [0.4, 0.5) is 5.69 Å². The van der Waals surface area contributed by atoms with Gasteiger partial charge in [-0.2, -0.15) is 0 Å². The summed E-state index contributed by atoms with van der Waals surface area (Å²) >= 11 is 0. The van der Waals surface area contributed by atoms with Crippen LogP contribution in [-0.2, 0) is 16.1 Å². The third kappa shape index (κ3) is 5.10. The quantitative estimate of drug-likeness (QED) is 0.771. The third-order valence-electron chi connectivity index (χ3n) is 5.01. The Morgan fingerprint density at radius 1 is 1.00 bits per heavy atom. The maximum atomic E-state index is 12.8. The molecule has 6 heteroatoms. The van der Waals surface area contributed by atoms with Crippen LogP contribution in [0, 0.1) is 0 Å². The molecule has 0 aliphatic carbocycles. The van der Waals surface area contributed by atoms with E-state index in [1.165, 1.54) is 17.4 Å². The number of anilines is 1. The van der Waals surface area contributed by atoms with Gasteiger partial charge in [0.15, 0.2) is 0 Å². The fourth-order valence-corrected chi connectivity index (χ4v) is 3.40. The number of benzene rings is 2. The van der Waals surface area contributed by atoms with Crippen molar-refractivity contribution in [1.82, 2.24) is 9.80 Å². The molecule has 1 aliphatic rings. The number of nitrogens with zero attached hydrogens (tertiary/aromatic N) is 3. The minimum atomic E-state index is -0.163. The number of hydrogen-bond donors (Lipinski definition) is 0. The number of piperazine rings is 1. The van der Waals surface area contributed by atoms with Gasteiger partial charge in [-0.3, -0.25) is 14.5 Å². The van der Waals surface area contributed by atoms with E-state index in [0.29, 0.717) is 24.5 Å². The van der Waals surface area contributed by atoms with Crippen LogP contribution in [0.15, 0.2) is 54.6 Å². The summed E-state index contributed by atoms with van der Waals surface area (Å²) in [5, 5.41) is 0. The number of ether oxygens (including phenoxy) is 1. The zero-order chi connectivity index (χ0) is 19.9. The zero-order valence-corrected chi connectivity index (χ0v) is 16.5. The summed E-state index contributed by atoms with van der Waals surface area (Å²) in [7, 11) is 1.58. The van der Waals surface area contributed by atoms with Crippen LogP contribution >= 0.6 is 0 Å². The summed E-state index contributed by atoms with van der Waals surface area (Å²) in [5.74, 6) is 0.465. The van der Waals surface area contributed by atoms with E-state index in [4.69, 9.17) is 4.74 Å². The lowest BCUT2D eigenvalue weighted by molar-refractivity contribution is -0.132. The van der Waals surface area contributed by atoms with Gasteiger partial charge in [-0.15, -0.1) is 0 Å². The number of hydrogen-bond acceptors (Lipinski definition) is 4. The minimum absolute atomic E-state index is 0.0302. The first-order chi connectivity index (χ1) is 13.6. The summed E-state index contributed by atoms with van der Waals surface area (Å²) in [6, 6.07) is 17.6. The first kappa shape index (κ1) is 19.9. The first-order valence-electron chi connectivity index (χ1n) is 9.53. The highest BCUT2D eigenvalue weighted by atomic mass is 16.5. The molecule has 1 saturated heterocycles. The van der Waals surface area contributed by atoms with Crippen molar-refractivity contribution in [2.45, 2.75) is 13.5 Å². The smallest absolute Gasteiger partial charge is 0.242 e. The maximum absolute atomic E-state index is 12.8. The van der Waals surface area contributed by atoms with Gasteiger partial charge in [0.05, 0.1) is 7.11 Å². The van der Waals surface area contributed by atoms with Crippen molar-refractivity contribution >= 4 is 17.5 Å². The van der Waals surface area contributed by atoms with Crippen LogP contribution in [0.25, 0.3) is 0 Å². The topological polar surface area (TPSA) is 53.1 Å². The Labute approximate surface area is 166 Å². The van der Waals surface area contributed by atoms with Crippen LogP contribution < -0.4 is 9.64 Å². The molecule has 28 heavy (non-hydrogen) atoms. The van der Waals surface area contributed by atoms with E-state index in [2.05, 4.69) is 17.0 Å². The van der Waals surface area contributed by atoms with Crippen molar-refractivity contribution < 1.29 is 14.3 Å². The maximum Gasteiger partial charge on any atom is 0.242 e. The molecule has 2 amide bonds. The molecule has 6 nitrogen and oxygen atoms in total. The van der Waals surface area contributed by atoms with Crippen molar-refractivity contribution in [2.75, 3.05) is 44.7 Å². The van der Waals surface area contributed by atoms with Gasteiger partial charge in [-0.1, -0.05) is 36.4 Å². The Kier molecular flexibility index (Phi) is 6.66. The molecule has 1 heterocycles. The van der Waals surface area contributed by atoms with Crippen LogP contribution in [0.5, 0.6) is 5.75 Å². The molecule has 0 bridgehead atoms. The summed E-state index contributed by atoms with van der Waals surface area (Å²) in [5.41, 5.74) is 1.95. The van der Waals surface area contributed by atoms with Crippen LogP contribution in [-0.4, -0.2) is 61.4 Å². The predicted octanol–water partition coefficient (Wildman–Crippen LogP) is 2.39. The molecule has 2 aromatic rings. The van der Waals surface area contributed by atoms with Gasteiger partial charge in [0.2, 0.25) is 11.8 Å². The molecule has 0 radical (unpaired) electrons. The molecule has 0 aromatic heterocycles. The Balaban J connectivity index is 1.57. The van der Waals surface area contributed by atoms with Gasteiger partial charge in [0, 0.05) is 51.4 Å². The van der Waals surface area contributed by atoms with Crippen molar-refractivity contribution in [2.24, 2.45) is 0 Å². The van der Waals surface area contributed by atoms with Crippen LogP contribution in [0.2, 0.25) is 0 Å².